The van der Waals surface area contributed by atoms with Crippen LogP contribution in [0.25, 0.3) is 10.9 Å². The van der Waals surface area contributed by atoms with Crippen molar-refractivity contribution in [2.24, 2.45) is 0 Å². The lowest BCUT2D eigenvalue weighted by Crippen LogP contribution is -2.08. The molecule has 0 spiro atoms. The van der Waals surface area contributed by atoms with Crippen molar-refractivity contribution in [3.63, 3.8) is 0 Å². The largest absolute Gasteiger partial charge is 0.485 e. The molecule has 1 atom stereocenters. The van der Waals surface area contributed by atoms with E-state index < -0.39 is 6.29 Å². The van der Waals surface area contributed by atoms with Crippen molar-refractivity contribution in [2.45, 2.75) is 18.8 Å². The van der Waals surface area contributed by atoms with Gasteiger partial charge in [-0.15, -0.1) is 0 Å². The highest BCUT2D eigenvalue weighted by molar-refractivity contribution is 5.79. The van der Waals surface area contributed by atoms with E-state index in [1.807, 2.05) is 48.7 Å². The third-order valence-corrected chi connectivity index (χ3v) is 5.35. The number of hydrogen-bond acceptors (Lipinski definition) is 4. The van der Waals surface area contributed by atoms with E-state index in [0.717, 1.165) is 40.1 Å². The lowest BCUT2D eigenvalue weighted by molar-refractivity contribution is 0.0486. The zero-order chi connectivity index (χ0) is 18.5. The van der Waals surface area contributed by atoms with Crippen LogP contribution in [0, 0.1) is 0 Å². The van der Waals surface area contributed by atoms with Gasteiger partial charge in [0, 0.05) is 23.6 Å². The minimum atomic E-state index is -0.409. The first-order chi connectivity index (χ1) is 13.8. The van der Waals surface area contributed by atoms with E-state index in [9.17, 15) is 0 Å². The van der Waals surface area contributed by atoms with Crippen LogP contribution in [-0.2, 0) is 6.42 Å². The first-order valence-corrected chi connectivity index (χ1v) is 9.40. The molecule has 0 saturated carbocycles. The number of aromatic nitrogens is 1. The molecule has 2 aliphatic heterocycles. The number of para-hydroxylation sites is 2. The fourth-order valence-electron chi connectivity index (χ4n) is 3.93. The Balaban J connectivity index is 1.27. The highest BCUT2D eigenvalue weighted by Crippen LogP contribution is 2.43. The van der Waals surface area contributed by atoms with Gasteiger partial charge in [-0.1, -0.05) is 24.3 Å². The molecular formula is C24H17NO3. The van der Waals surface area contributed by atoms with Crippen LogP contribution in [-0.4, -0.2) is 4.98 Å². The van der Waals surface area contributed by atoms with Crippen LogP contribution in [0.3, 0.4) is 0 Å². The van der Waals surface area contributed by atoms with E-state index in [1.54, 1.807) is 0 Å². The molecule has 0 radical (unpaired) electrons. The van der Waals surface area contributed by atoms with Gasteiger partial charge in [-0.3, -0.25) is 4.98 Å². The molecule has 4 heteroatoms. The fraction of sp³-hybridized carbons (Fsp3) is 0.125. The summed E-state index contributed by atoms with van der Waals surface area (Å²) in [6.07, 6.45) is 2.25. The third kappa shape index (κ3) is 2.49. The van der Waals surface area contributed by atoms with Crippen molar-refractivity contribution in [2.75, 3.05) is 0 Å². The molecule has 0 amide bonds. The van der Waals surface area contributed by atoms with Crippen molar-refractivity contribution in [3.8, 4) is 17.2 Å². The molecular weight excluding hydrogens is 350 g/mol. The molecule has 1 unspecified atom stereocenters. The number of fused-ring (bicyclic) bond motifs is 3. The second kappa shape index (κ2) is 5.99. The maximum atomic E-state index is 6.22. The first kappa shape index (κ1) is 15.5. The highest BCUT2D eigenvalue weighted by Gasteiger charge is 2.29. The minimum absolute atomic E-state index is 0.0115. The van der Waals surface area contributed by atoms with Gasteiger partial charge in [0.05, 0.1) is 5.52 Å². The number of pyridine rings is 1. The number of rotatable bonds is 2. The van der Waals surface area contributed by atoms with Crippen LogP contribution in [0.1, 0.15) is 29.1 Å². The second-order valence-corrected chi connectivity index (χ2v) is 7.15. The Bertz CT molecular complexity index is 1180. The Kier molecular flexibility index (Phi) is 3.32. The summed E-state index contributed by atoms with van der Waals surface area (Å²) in [5, 5.41) is 1.13. The van der Waals surface area contributed by atoms with Crippen LogP contribution in [0.5, 0.6) is 17.2 Å². The molecule has 2 aliphatic rings. The van der Waals surface area contributed by atoms with Crippen molar-refractivity contribution in [3.05, 3.63) is 95.7 Å². The van der Waals surface area contributed by atoms with E-state index >= 15 is 0 Å². The molecule has 3 aromatic carbocycles. The Morgan fingerprint density at radius 1 is 0.714 bits per heavy atom. The average Bonchev–Trinajstić information content (AvgIpc) is 3.37. The second-order valence-electron chi connectivity index (χ2n) is 7.15. The molecule has 3 heterocycles. The fourth-order valence-corrected chi connectivity index (χ4v) is 3.93. The number of hydrogen-bond donors (Lipinski definition) is 0. The summed E-state index contributed by atoms with van der Waals surface area (Å²) in [6.45, 7) is 0. The molecule has 6 rings (SSSR count). The lowest BCUT2D eigenvalue weighted by Gasteiger charge is -2.12. The van der Waals surface area contributed by atoms with Crippen LogP contribution >= 0.6 is 0 Å². The Morgan fingerprint density at radius 2 is 1.54 bits per heavy atom. The maximum Gasteiger partial charge on any atom is 0.267 e. The molecule has 1 aromatic heterocycles. The highest BCUT2D eigenvalue weighted by atomic mass is 16.7. The summed E-state index contributed by atoms with van der Waals surface area (Å²) in [4.78, 5) is 4.39. The summed E-state index contributed by atoms with van der Waals surface area (Å²) in [6, 6.07) is 24.3. The van der Waals surface area contributed by atoms with E-state index in [-0.39, 0.29) is 6.10 Å². The van der Waals surface area contributed by atoms with Gasteiger partial charge in [0.25, 0.3) is 6.29 Å². The summed E-state index contributed by atoms with van der Waals surface area (Å²) in [5.41, 5.74) is 4.34. The van der Waals surface area contributed by atoms with E-state index in [4.69, 9.17) is 14.2 Å². The van der Waals surface area contributed by atoms with Gasteiger partial charge >= 0.3 is 0 Å². The van der Waals surface area contributed by atoms with Crippen LogP contribution in [0.2, 0.25) is 0 Å². The van der Waals surface area contributed by atoms with Crippen LogP contribution in [0.4, 0.5) is 0 Å². The first-order valence-electron chi connectivity index (χ1n) is 9.40. The van der Waals surface area contributed by atoms with Gasteiger partial charge in [-0.05, 0) is 59.7 Å². The van der Waals surface area contributed by atoms with E-state index in [2.05, 4.69) is 35.3 Å². The summed E-state index contributed by atoms with van der Waals surface area (Å²) in [7, 11) is 0. The topological polar surface area (TPSA) is 40.6 Å². The Labute approximate surface area is 162 Å². The Morgan fingerprint density at radius 3 is 2.39 bits per heavy atom. The summed E-state index contributed by atoms with van der Waals surface area (Å²) in [5.74, 6) is 2.49. The normalized spacial score (nSPS) is 17.5. The zero-order valence-corrected chi connectivity index (χ0v) is 15.0. The smallest absolute Gasteiger partial charge is 0.267 e. The molecule has 0 bridgehead atoms. The van der Waals surface area contributed by atoms with Crippen LogP contribution in [0.15, 0.2) is 79.0 Å². The quantitative estimate of drug-likeness (QED) is 0.477. The molecule has 4 aromatic rings. The molecule has 136 valence electrons. The molecule has 0 fully saturated rings. The van der Waals surface area contributed by atoms with Crippen molar-refractivity contribution < 1.29 is 14.2 Å². The van der Waals surface area contributed by atoms with E-state index in [1.165, 1.54) is 11.1 Å². The van der Waals surface area contributed by atoms with Gasteiger partial charge in [0.15, 0.2) is 11.5 Å². The molecule has 0 saturated heterocycles. The lowest BCUT2D eigenvalue weighted by atomic mass is 10.0. The zero-order valence-electron chi connectivity index (χ0n) is 15.0. The third-order valence-electron chi connectivity index (χ3n) is 5.35. The Hall–Kier alpha value is -3.53. The van der Waals surface area contributed by atoms with Gasteiger partial charge in [-0.2, -0.15) is 0 Å². The SMILES string of the molecule is c1ccc2c(c1)OC(c1ccc3c(c1)CC(c1ccc4ncccc4c1)O3)O2. The number of ether oxygens (including phenoxy) is 3. The number of benzene rings is 3. The molecule has 0 aliphatic carbocycles. The number of nitrogens with zero attached hydrogens (tertiary/aromatic N) is 1. The molecule has 28 heavy (non-hydrogen) atoms. The van der Waals surface area contributed by atoms with Crippen LogP contribution < -0.4 is 14.2 Å². The minimum Gasteiger partial charge on any atom is -0.485 e. The van der Waals surface area contributed by atoms with Crippen molar-refractivity contribution in [1.29, 1.82) is 0 Å². The predicted molar refractivity (Wildman–Crippen MR) is 106 cm³/mol. The van der Waals surface area contributed by atoms with Gasteiger partial charge < -0.3 is 14.2 Å². The summed E-state index contributed by atoms with van der Waals surface area (Å²) < 4.78 is 18.1. The van der Waals surface area contributed by atoms with Crippen molar-refractivity contribution >= 4 is 10.9 Å². The van der Waals surface area contributed by atoms with Crippen molar-refractivity contribution in [1.82, 2.24) is 4.98 Å². The average molecular weight is 367 g/mol. The monoisotopic (exact) mass is 367 g/mol. The molecule has 0 N–H and O–H groups in total. The molecule has 4 nitrogen and oxygen atoms in total. The summed E-state index contributed by atoms with van der Waals surface area (Å²) >= 11 is 0. The maximum absolute atomic E-state index is 6.22. The van der Waals surface area contributed by atoms with Gasteiger partial charge in [-0.25, -0.2) is 0 Å². The van der Waals surface area contributed by atoms with E-state index in [0.29, 0.717) is 0 Å². The van der Waals surface area contributed by atoms with Gasteiger partial charge in [0.1, 0.15) is 11.9 Å². The standard InChI is InChI=1S/C24H17NO3/c1-2-6-22-21(5-1)27-24(28-22)17-8-10-20-18(13-17)14-23(26-20)16-7-9-19-15(12-16)4-3-11-25-19/h1-13,23-24H,14H2. The predicted octanol–water partition coefficient (Wildman–Crippen LogP) is 5.38. The van der Waals surface area contributed by atoms with Gasteiger partial charge in [0.2, 0.25) is 0 Å².